The monoisotopic (exact) mass is 324 g/mol. The van der Waals surface area contributed by atoms with Gasteiger partial charge in [-0.3, -0.25) is 0 Å². The fourth-order valence-corrected chi connectivity index (χ4v) is 2.30. The van der Waals surface area contributed by atoms with Crippen LogP contribution in [0.2, 0.25) is 0 Å². The van der Waals surface area contributed by atoms with Crippen molar-refractivity contribution in [3.8, 4) is 18.1 Å². The van der Waals surface area contributed by atoms with Gasteiger partial charge in [0.25, 0.3) is 0 Å². The molecular weight excluding hydrogens is 304 g/mol. The molecule has 0 bridgehead atoms. The van der Waals surface area contributed by atoms with Gasteiger partial charge < -0.3 is 20.1 Å². The standard InChI is InChI=1S/C19H20N2O3/c1-3-15-7-6-9-17(13-15)20-19(23)21(11-12-22)14-16-8-4-5-10-18(16)24-2/h1,4-10,13,22H,11-12,14H2,2H3,(H,20,23). The summed E-state index contributed by atoms with van der Waals surface area (Å²) in [5, 5.41) is 12.1. The summed E-state index contributed by atoms with van der Waals surface area (Å²) < 4.78 is 5.31. The van der Waals surface area contributed by atoms with Crippen molar-refractivity contribution in [3.05, 3.63) is 59.7 Å². The highest BCUT2D eigenvalue weighted by atomic mass is 16.5. The van der Waals surface area contributed by atoms with Crippen LogP contribution in [-0.4, -0.2) is 36.3 Å². The summed E-state index contributed by atoms with van der Waals surface area (Å²) in [6, 6.07) is 14.2. The zero-order valence-electron chi connectivity index (χ0n) is 13.5. The maximum absolute atomic E-state index is 12.5. The third-order valence-corrected chi connectivity index (χ3v) is 3.49. The van der Waals surface area contributed by atoms with Crippen LogP contribution in [-0.2, 0) is 6.54 Å². The lowest BCUT2D eigenvalue weighted by Gasteiger charge is -2.23. The first-order chi connectivity index (χ1) is 11.7. The normalized spacial score (nSPS) is 9.88. The second-order valence-corrected chi connectivity index (χ2v) is 5.11. The second-order valence-electron chi connectivity index (χ2n) is 5.11. The second kappa shape index (κ2) is 8.61. The van der Waals surface area contributed by atoms with Crippen molar-refractivity contribution in [2.75, 3.05) is 25.6 Å². The highest BCUT2D eigenvalue weighted by Crippen LogP contribution is 2.20. The summed E-state index contributed by atoms with van der Waals surface area (Å²) in [6.45, 7) is 0.400. The molecule has 24 heavy (non-hydrogen) atoms. The van der Waals surface area contributed by atoms with E-state index in [1.54, 1.807) is 31.4 Å². The van der Waals surface area contributed by atoms with E-state index in [2.05, 4.69) is 11.2 Å². The molecule has 0 radical (unpaired) electrons. The van der Waals surface area contributed by atoms with Gasteiger partial charge in [-0.2, -0.15) is 0 Å². The highest BCUT2D eigenvalue weighted by molar-refractivity contribution is 5.89. The predicted octanol–water partition coefficient (Wildman–Crippen LogP) is 2.70. The van der Waals surface area contributed by atoms with Gasteiger partial charge in [0.15, 0.2) is 0 Å². The predicted molar refractivity (Wildman–Crippen MR) is 93.9 cm³/mol. The van der Waals surface area contributed by atoms with E-state index >= 15 is 0 Å². The SMILES string of the molecule is C#Cc1cccc(NC(=O)N(CCO)Cc2ccccc2OC)c1. The summed E-state index contributed by atoms with van der Waals surface area (Å²) in [5.74, 6) is 3.23. The van der Waals surface area contributed by atoms with Gasteiger partial charge in [0.1, 0.15) is 5.75 Å². The minimum Gasteiger partial charge on any atom is -0.496 e. The Morgan fingerprint density at radius 1 is 1.29 bits per heavy atom. The fourth-order valence-electron chi connectivity index (χ4n) is 2.30. The van der Waals surface area contributed by atoms with E-state index in [4.69, 9.17) is 11.2 Å². The van der Waals surface area contributed by atoms with Crippen LogP contribution in [0.1, 0.15) is 11.1 Å². The largest absolute Gasteiger partial charge is 0.496 e. The molecule has 0 saturated heterocycles. The molecule has 2 rings (SSSR count). The minimum absolute atomic E-state index is 0.132. The Hall–Kier alpha value is -2.97. The smallest absolute Gasteiger partial charge is 0.322 e. The van der Waals surface area contributed by atoms with Crippen molar-refractivity contribution in [3.63, 3.8) is 0 Å². The zero-order valence-corrected chi connectivity index (χ0v) is 13.5. The van der Waals surface area contributed by atoms with E-state index in [-0.39, 0.29) is 19.2 Å². The average Bonchev–Trinajstić information content (AvgIpc) is 2.62. The van der Waals surface area contributed by atoms with Crippen LogP contribution >= 0.6 is 0 Å². The number of para-hydroxylation sites is 1. The van der Waals surface area contributed by atoms with Gasteiger partial charge in [-0.05, 0) is 24.3 Å². The molecule has 5 heteroatoms. The number of ether oxygens (including phenoxy) is 1. The van der Waals surface area contributed by atoms with Crippen LogP contribution in [0, 0.1) is 12.3 Å². The van der Waals surface area contributed by atoms with Crippen molar-refractivity contribution in [1.82, 2.24) is 4.90 Å². The van der Waals surface area contributed by atoms with E-state index in [1.807, 2.05) is 24.3 Å². The van der Waals surface area contributed by atoms with E-state index in [1.165, 1.54) is 4.90 Å². The molecule has 0 heterocycles. The highest BCUT2D eigenvalue weighted by Gasteiger charge is 2.15. The molecule has 0 spiro atoms. The van der Waals surface area contributed by atoms with Crippen LogP contribution in [0.5, 0.6) is 5.75 Å². The number of urea groups is 1. The Morgan fingerprint density at radius 2 is 2.08 bits per heavy atom. The number of carbonyl (C=O) groups is 1. The van der Waals surface area contributed by atoms with E-state index < -0.39 is 0 Å². The van der Waals surface area contributed by atoms with E-state index in [0.717, 1.165) is 5.56 Å². The van der Waals surface area contributed by atoms with Gasteiger partial charge in [-0.25, -0.2) is 4.79 Å². The molecule has 2 amide bonds. The summed E-state index contributed by atoms with van der Waals surface area (Å²) in [6.07, 6.45) is 5.37. The first-order valence-electron chi connectivity index (χ1n) is 7.53. The van der Waals surface area contributed by atoms with Crippen LogP contribution in [0.25, 0.3) is 0 Å². The summed E-state index contributed by atoms with van der Waals surface area (Å²) in [4.78, 5) is 14.0. The van der Waals surface area contributed by atoms with Crippen LogP contribution in [0.3, 0.4) is 0 Å². The molecule has 0 aliphatic carbocycles. The van der Waals surface area contributed by atoms with Gasteiger partial charge in [0.05, 0.1) is 20.3 Å². The molecule has 0 aliphatic heterocycles. The molecule has 124 valence electrons. The lowest BCUT2D eigenvalue weighted by Crippen LogP contribution is -2.36. The fraction of sp³-hybridized carbons (Fsp3) is 0.211. The van der Waals surface area contributed by atoms with Crippen LogP contribution in [0.4, 0.5) is 10.5 Å². The maximum atomic E-state index is 12.5. The Kier molecular flexibility index (Phi) is 6.23. The zero-order chi connectivity index (χ0) is 17.4. The maximum Gasteiger partial charge on any atom is 0.322 e. The summed E-state index contributed by atoms with van der Waals surface area (Å²) in [5.41, 5.74) is 2.16. The van der Waals surface area contributed by atoms with Gasteiger partial charge >= 0.3 is 6.03 Å². The number of amides is 2. The first kappa shape index (κ1) is 17.4. The van der Waals surface area contributed by atoms with Crippen LogP contribution < -0.4 is 10.1 Å². The Bertz CT molecular complexity index is 737. The number of carbonyl (C=O) groups excluding carboxylic acids is 1. The minimum atomic E-state index is -0.316. The van der Waals surface area contributed by atoms with Crippen molar-refractivity contribution in [2.45, 2.75) is 6.54 Å². The third-order valence-electron chi connectivity index (χ3n) is 3.49. The number of anilines is 1. The quantitative estimate of drug-likeness (QED) is 0.803. The number of aliphatic hydroxyl groups excluding tert-OH is 1. The lowest BCUT2D eigenvalue weighted by molar-refractivity contribution is 0.184. The summed E-state index contributed by atoms with van der Waals surface area (Å²) >= 11 is 0. The topological polar surface area (TPSA) is 61.8 Å². The molecule has 2 aromatic rings. The number of nitrogens with zero attached hydrogens (tertiary/aromatic N) is 1. The number of benzene rings is 2. The Labute approximate surface area is 141 Å². The lowest BCUT2D eigenvalue weighted by atomic mass is 10.2. The summed E-state index contributed by atoms with van der Waals surface area (Å²) in [7, 11) is 1.58. The van der Waals surface area contributed by atoms with E-state index in [9.17, 15) is 9.90 Å². The Morgan fingerprint density at radius 3 is 2.79 bits per heavy atom. The van der Waals surface area contributed by atoms with Gasteiger partial charge in [0.2, 0.25) is 0 Å². The van der Waals surface area contributed by atoms with Crippen molar-refractivity contribution < 1.29 is 14.6 Å². The number of aliphatic hydroxyl groups is 1. The average molecular weight is 324 g/mol. The van der Waals surface area contributed by atoms with Gasteiger partial charge in [-0.15, -0.1) is 6.42 Å². The number of terminal acetylenes is 1. The molecule has 0 unspecified atom stereocenters. The molecule has 5 nitrogen and oxygen atoms in total. The Balaban J connectivity index is 2.14. The molecule has 0 fully saturated rings. The van der Waals surface area contributed by atoms with E-state index in [0.29, 0.717) is 23.5 Å². The number of rotatable bonds is 6. The molecule has 0 atom stereocenters. The molecule has 2 N–H and O–H groups in total. The number of hydrogen-bond donors (Lipinski definition) is 2. The number of hydrogen-bond acceptors (Lipinski definition) is 3. The van der Waals surface area contributed by atoms with Gasteiger partial charge in [-0.1, -0.05) is 30.2 Å². The van der Waals surface area contributed by atoms with Crippen LogP contribution in [0.15, 0.2) is 48.5 Å². The third kappa shape index (κ3) is 4.51. The van der Waals surface area contributed by atoms with Crippen molar-refractivity contribution >= 4 is 11.7 Å². The molecular formula is C19H20N2O3. The molecule has 0 aliphatic rings. The van der Waals surface area contributed by atoms with Gasteiger partial charge in [0, 0.05) is 23.4 Å². The number of nitrogens with one attached hydrogen (secondary N) is 1. The first-order valence-corrected chi connectivity index (χ1v) is 7.53. The van der Waals surface area contributed by atoms with Crippen molar-refractivity contribution in [1.29, 1.82) is 0 Å². The molecule has 2 aromatic carbocycles. The number of methoxy groups -OCH3 is 1. The molecule has 0 aromatic heterocycles. The molecule has 0 saturated carbocycles. The van der Waals surface area contributed by atoms with Crippen molar-refractivity contribution in [2.24, 2.45) is 0 Å².